The van der Waals surface area contributed by atoms with Crippen LogP contribution in [-0.2, 0) is 27.3 Å². The lowest BCUT2D eigenvalue weighted by atomic mass is 9.98. The highest BCUT2D eigenvalue weighted by Crippen LogP contribution is 2.21. The number of carbonyl (C=O) groups excluding carboxylic acids is 3. The zero-order valence-electron chi connectivity index (χ0n) is 23.1. The quantitative estimate of drug-likeness (QED) is 0.228. The van der Waals surface area contributed by atoms with Crippen LogP contribution in [-0.4, -0.2) is 60.9 Å². The Morgan fingerprint density at radius 3 is 2.20 bits per heavy atom. The normalized spacial score (nSPS) is 14.1. The second-order valence-electron chi connectivity index (χ2n) is 9.91. The smallest absolute Gasteiger partial charge is 0.242 e. The van der Waals surface area contributed by atoms with Crippen LogP contribution >= 0.6 is 0 Å². The van der Waals surface area contributed by atoms with Gasteiger partial charge in [-0.05, 0) is 47.9 Å². The van der Waals surface area contributed by atoms with E-state index < -0.39 is 18.0 Å². The lowest BCUT2D eigenvalue weighted by molar-refractivity contribution is -0.135. The van der Waals surface area contributed by atoms with Crippen molar-refractivity contribution in [2.24, 2.45) is 17.2 Å². The summed E-state index contributed by atoms with van der Waals surface area (Å²) < 4.78 is 0. The predicted octanol–water partition coefficient (Wildman–Crippen LogP) is 1.62. The van der Waals surface area contributed by atoms with Crippen molar-refractivity contribution in [3.63, 3.8) is 0 Å². The number of nitrogens with two attached hydrogens (primary N) is 3. The van der Waals surface area contributed by atoms with E-state index in [1.807, 2.05) is 54.6 Å². The maximum atomic E-state index is 13.2. The van der Waals surface area contributed by atoms with E-state index in [-0.39, 0.29) is 31.3 Å². The molecule has 9 heteroatoms. The largest absolute Gasteiger partial charge is 0.350 e. The summed E-state index contributed by atoms with van der Waals surface area (Å²) in [6.07, 6.45) is 9.41. The van der Waals surface area contributed by atoms with Gasteiger partial charge < -0.3 is 32.7 Å². The molecule has 3 rings (SSSR count). The van der Waals surface area contributed by atoms with E-state index >= 15 is 0 Å². The molecule has 0 heterocycles. The number of aryl methyl sites for hydroxylation is 1. The predicted molar refractivity (Wildman–Crippen MR) is 159 cm³/mol. The molecule has 2 atom stereocenters. The molecule has 0 bridgehead atoms. The molecule has 214 valence electrons. The van der Waals surface area contributed by atoms with Crippen LogP contribution in [0.3, 0.4) is 0 Å². The maximum absolute atomic E-state index is 13.2. The zero-order valence-corrected chi connectivity index (χ0v) is 23.1. The van der Waals surface area contributed by atoms with Crippen molar-refractivity contribution in [3.8, 4) is 0 Å². The zero-order chi connectivity index (χ0) is 28.7. The number of benzene rings is 2. The SMILES string of the molecule is NCCN(CCN)C(=O)CC(N)C(=O)NC(CCc1ccccc1)C(=O)NCc1ccc(C2=CCCC=C2)cc1. The van der Waals surface area contributed by atoms with Crippen molar-refractivity contribution in [1.82, 2.24) is 15.5 Å². The van der Waals surface area contributed by atoms with Gasteiger partial charge in [-0.15, -0.1) is 0 Å². The van der Waals surface area contributed by atoms with E-state index in [9.17, 15) is 14.4 Å². The second kappa shape index (κ2) is 16.3. The van der Waals surface area contributed by atoms with Gasteiger partial charge >= 0.3 is 0 Å². The molecule has 0 fully saturated rings. The minimum atomic E-state index is -1.10. The van der Waals surface area contributed by atoms with Crippen LogP contribution in [0.25, 0.3) is 5.57 Å². The third-order valence-electron chi connectivity index (χ3n) is 6.83. The van der Waals surface area contributed by atoms with Gasteiger partial charge in [0.05, 0.1) is 12.5 Å². The van der Waals surface area contributed by atoms with Crippen LogP contribution in [0, 0.1) is 0 Å². The molecule has 3 amide bonds. The summed E-state index contributed by atoms with van der Waals surface area (Å²) in [6.45, 7) is 1.56. The highest BCUT2D eigenvalue weighted by Gasteiger charge is 2.26. The van der Waals surface area contributed by atoms with Gasteiger partial charge in [0.15, 0.2) is 0 Å². The molecule has 2 aromatic rings. The monoisotopic (exact) mass is 546 g/mol. The first-order valence-electron chi connectivity index (χ1n) is 13.9. The number of amides is 3. The summed E-state index contributed by atoms with van der Waals surface area (Å²) in [4.78, 5) is 40.3. The summed E-state index contributed by atoms with van der Waals surface area (Å²) in [5.41, 5.74) is 21.6. The fraction of sp³-hybridized carbons (Fsp3) is 0.387. The minimum absolute atomic E-state index is 0.198. The van der Waals surface area contributed by atoms with Gasteiger partial charge in [-0.2, -0.15) is 0 Å². The van der Waals surface area contributed by atoms with Crippen LogP contribution < -0.4 is 27.8 Å². The van der Waals surface area contributed by atoms with Crippen molar-refractivity contribution < 1.29 is 14.4 Å². The lowest BCUT2D eigenvalue weighted by Gasteiger charge is -2.24. The molecule has 2 aromatic carbocycles. The number of hydrogen-bond acceptors (Lipinski definition) is 6. The maximum Gasteiger partial charge on any atom is 0.242 e. The summed E-state index contributed by atoms with van der Waals surface area (Å²) in [6, 6.07) is 15.9. The minimum Gasteiger partial charge on any atom is -0.350 e. The molecule has 0 spiro atoms. The van der Waals surface area contributed by atoms with Gasteiger partial charge in [0.25, 0.3) is 0 Å². The highest BCUT2D eigenvalue weighted by atomic mass is 16.2. The molecule has 0 aromatic heterocycles. The van der Waals surface area contributed by atoms with Gasteiger partial charge in [-0.25, -0.2) is 0 Å². The number of rotatable bonds is 15. The van der Waals surface area contributed by atoms with Gasteiger partial charge in [0, 0.05) is 32.7 Å². The van der Waals surface area contributed by atoms with E-state index in [2.05, 4.69) is 28.9 Å². The Hall–Kier alpha value is -3.79. The van der Waals surface area contributed by atoms with Gasteiger partial charge in [0.1, 0.15) is 6.04 Å². The molecular formula is C31H42N6O3. The average molecular weight is 547 g/mol. The molecule has 9 nitrogen and oxygen atoms in total. The summed E-state index contributed by atoms with van der Waals surface area (Å²) in [5.74, 6) is -1.16. The fourth-order valence-corrected chi connectivity index (χ4v) is 4.54. The highest BCUT2D eigenvalue weighted by molar-refractivity contribution is 5.92. The third-order valence-corrected chi connectivity index (χ3v) is 6.83. The van der Waals surface area contributed by atoms with Crippen molar-refractivity contribution in [1.29, 1.82) is 0 Å². The summed E-state index contributed by atoms with van der Waals surface area (Å²) in [7, 11) is 0. The van der Waals surface area contributed by atoms with Gasteiger partial charge in [-0.1, -0.05) is 72.8 Å². The standard InChI is InChI=1S/C31H42N6O3/c32-17-19-37(20-18-33)29(38)21-27(34)30(39)36-28(16-13-23-7-3-1-4-8-23)31(40)35-22-24-11-14-26(15-12-24)25-9-5-2-6-10-25/h1,3-5,7-12,14-15,27-28H,2,6,13,16-22,32-34H2,(H,35,40)(H,36,39). The molecule has 0 radical (unpaired) electrons. The molecule has 0 saturated carbocycles. The molecule has 8 N–H and O–H groups in total. The van der Waals surface area contributed by atoms with Gasteiger partial charge in [-0.3, -0.25) is 14.4 Å². The lowest BCUT2D eigenvalue weighted by Crippen LogP contribution is -2.53. The molecular weight excluding hydrogens is 504 g/mol. The Balaban J connectivity index is 1.61. The Morgan fingerprint density at radius 1 is 0.875 bits per heavy atom. The number of allylic oxidation sites excluding steroid dienone is 4. The molecule has 1 aliphatic rings. The van der Waals surface area contributed by atoms with Crippen molar-refractivity contribution in [2.45, 2.75) is 50.7 Å². The van der Waals surface area contributed by atoms with Crippen LogP contribution in [0.1, 0.15) is 42.4 Å². The molecule has 0 saturated heterocycles. The van der Waals surface area contributed by atoms with Crippen molar-refractivity contribution in [3.05, 3.63) is 89.5 Å². The van der Waals surface area contributed by atoms with E-state index in [0.29, 0.717) is 32.5 Å². The summed E-state index contributed by atoms with van der Waals surface area (Å²) >= 11 is 0. The second-order valence-corrected chi connectivity index (χ2v) is 9.91. The molecule has 0 aliphatic heterocycles. The molecule has 40 heavy (non-hydrogen) atoms. The Labute approximate surface area is 236 Å². The van der Waals surface area contributed by atoms with Crippen molar-refractivity contribution >= 4 is 23.3 Å². The Kier molecular flexibility index (Phi) is 12.6. The third kappa shape index (κ3) is 9.75. The molecule has 1 aliphatic carbocycles. The topological polar surface area (TPSA) is 157 Å². The number of hydrogen-bond donors (Lipinski definition) is 5. The number of nitrogens with zero attached hydrogens (tertiary/aromatic N) is 1. The summed E-state index contributed by atoms with van der Waals surface area (Å²) in [5, 5.41) is 5.72. The van der Waals surface area contributed by atoms with E-state index in [1.54, 1.807) is 0 Å². The van der Waals surface area contributed by atoms with E-state index in [4.69, 9.17) is 17.2 Å². The van der Waals surface area contributed by atoms with Crippen LogP contribution in [0.4, 0.5) is 0 Å². The van der Waals surface area contributed by atoms with E-state index in [1.165, 1.54) is 10.5 Å². The first-order valence-corrected chi connectivity index (χ1v) is 13.9. The van der Waals surface area contributed by atoms with Crippen molar-refractivity contribution in [2.75, 3.05) is 26.2 Å². The molecule has 2 unspecified atom stereocenters. The van der Waals surface area contributed by atoms with E-state index in [0.717, 1.165) is 29.5 Å². The Morgan fingerprint density at radius 2 is 1.57 bits per heavy atom. The van der Waals surface area contributed by atoms with Gasteiger partial charge in [0.2, 0.25) is 17.7 Å². The van der Waals surface area contributed by atoms with Crippen LogP contribution in [0.5, 0.6) is 0 Å². The fourth-order valence-electron chi connectivity index (χ4n) is 4.54. The number of carbonyl (C=O) groups is 3. The van der Waals surface area contributed by atoms with Crippen LogP contribution in [0.2, 0.25) is 0 Å². The Bertz CT molecular complexity index is 1160. The first-order chi connectivity index (χ1) is 19.4. The van der Waals surface area contributed by atoms with Crippen LogP contribution in [0.15, 0.2) is 72.8 Å². The average Bonchev–Trinajstić information content (AvgIpc) is 2.99. The first kappa shape index (κ1) is 30.7. The number of nitrogens with one attached hydrogen (secondary N) is 2.